The van der Waals surface area contributed by atoms with Crippen molar-refractivity contribution >= 4 is 11.9 Å². The van der Waals surface area contributed by atoms with Crippen molar-refractivity contribution in [2.75, 3.05) is 0 Å². The highest BCUT2D eigenvalue weighted by Crippen LogP contribution is 2.10. The minimum Gasteiger partial charge on any atom is -0.480 e. The Hall–Kier alpha value is -1.82. The predicted octanol–water partition coefficient (Wildman–Crippen LogP) is 1.57. The van der Waals surface area contributed by atoms with Crippen molar-refractivity contribution in [2.24, 2.45) is 5.92 Å². The van der Waals surface area contributed by atoms with Gasteiger partial charge in [0, 0.05) is 0 Å². The van der Waals surface area contributed by atoms with Crippen LogP contribution in [-0.4, -0.2) is 28.2 Å². The molecule has 0 saturated heterocycles. The number of carboxylic acid groups (broad SMARTS) is 2. The van der Waals surface area contributed by atoms with E-state index in [1.54, 1.807) is 0 Å². The van der Waals surface area contributed by atoms with E-state index in [1.807, 2.05) is 13.8 Å². The molecule has 0 aromatic carbocycles. The third-order valence-corrected chi connectivity index (χ3v) is 2.40. The monoisotopic (exact) mass is 255 g/mol. The molecule has 0 aliphatic carbocycles. The molecule has 1 heterocycles. The molecule has 100 valence electrons. The molecule has 1 aromatic heterocycles. The fourth-order valence-electron chi connectivity index (χ4n) is 1.55. The van der Waals surface area contributed by atoms with E-state index in [4.69, 9.17) is 14.6 Å². The number of carboxylic acids is 2. The molecule has 0 amide bonds. The smallest absolute Gasteiger partial charge is 0.371 e. The van der Waals surface area contributed by atoms with E-state index in [-0.39, 0.29) is 18.2 Å². The van der Waals surface area contributed by atoms with Gasteiger partial charge in [-0.2, -0.15) is 0 Å². The van der Waals surface area contributed by atoms with Gasteiger partial charge in [-0.15, -0.1) is 0 Å². The number of aliphatic carboxylic acids is 1. The molecule has 0 spiro atoms. The van der Waals surface area contributed by atoms with Crippen LogP contribution in [0.1, 0.15) is 36.6 Å². The minimum absolute atomic E-state index is 0.150. The zero-order chi connectivity index (χ0) is 13.7. The van der Waals surface area contributed by atoms with Crippen LogP contribution in [0.2, 0.25) is 0 Å². The highest BCUT2D eigenvalue weighted by atomic mass is 16.4. The Balaban J connectivity index is 2.55. The summed E-state index contributed by atoms with van der Waals surface area (Å²) in [7, 11) is 0. The lowest BCUT2D eigenvalue weighted by atomic mass is 10.0. The number of aromatic carboxylic acids is 1. The first-order chi connectivity index (χ1) is 8.40. The lowest BCUT2D eigenvalue weighted by Crippen LogP contribution is -2.37. The Morgan fingerprint density at radius 1 is 1.33 bits per heavy atom. The first-order valence-corrected chi connectivity index (χ1v) is 5.68. The number of rotatable bonds is 7. The van der Waals surface area contributed by atoms with E-state index in [1.165, 1.54) is 12.1 Å². The maximum absolute atomic E-state index is 11.0. The maximum atomic E-state index is 11.0. The molecular formula is C12H17NO5. The molecule has 0 bridgehead atoms. The molecule has 18 heavy (non-hydrogen) atoms. The molecule has 6 nitrogen and oxygen atoms in total. The van der Waals surface area contributed by atoms with Crippen LogP contribution in [0.15, 0.2) is 16.5 Å². The number of hydrogen-bond donors (Lipinski definition) is 3. The number of carbonyl (C=O) groups is 2. The summed E-state index contributed by atoms with van der Waals surface area (Å²) in [6.45, 7) is 4.07. The van der Waals surface area contributed by atoms with Crippen molar-refractivity contribution in [3.8, 4) is 0 Å². The van der Waals surface area contributed by atoms with Crippen LogP contribution in [0.3, 0.4) is 0 Å². The molecule has 0 fully saturated rings. The second-order valence-corrected chi connectivity index (χ2v) is 4.47. The largest absolute Gasteiger partial charge is 0.480 e. The summed E-state index contributed by atoms with van der Waals surface area (Å²) in [5, 5.41) is 20.5. The van der Waals surface area contributed by atoms with Crippen molar-refractivity contribution in [3.63, 3.8) is 0 Å². The van der Waals surface area contributed by atoms with Crippen LogP contribution in [0, 0.1) is 5.92 Å². The highest BCUT2D eigenvalue weighted by molar-refractivity contribution is 5.84. The van der Waals surface area contributed by atoms with Crippen LogP contribution in [-0.2, 0) is 11.3 Å². The van der Waals surface area contributed by atoms with Gasteiger partial charge in [-0.3, -0.25) is 10.1 Å². The third kappa shape index (κ3) is 4.21. The van der Waals surface area contributed by atoms with Crippen LogP contribution >= 0.6 is 0 Å². The topological polar surface area (TPSA) is 99.8 Å². The Morgan fingerprint density at radius 3 is 2.44 bits per heavy atom. The second-order valence-electron chi connectivity index (χ2n) is 4.47. The summed E-state index contributed by atoms with van der Waals surface area (Å²) < 4.78 is 5.03. The van der Waals surface area contributed by atoms with Crippen molar-refractivity contribution in [2.45, 2.75) is 32.9 Å². The first kappa shape index (κ1) is 14.2. The van der Waals surface area contributed by atoms with E-state index < -0.39 is 18.0 Å². The zero-order valence-electron chi connectivity index (χ0n) is 10.3. The van der Waals surface area contributed by atoms with Crippen molar-refractivity contribution in [3.05, 3.63) is 23.7 Å². The molecular weight excluding hydrogens is 238 g/mol. The summed E-state index contributed by atoms with van der Waals surface area (Å²) in [6.07, 6.45) is 0.502. The summed E-state index contributed by atoms with van der Waals surface area (Å²) in [5.74, 6) is -1.55. The SMILES string of the molecule is CC(C)CC(NCc1ccc(C(=O)O)o1)C(=O)O. The van der Waals surface area contributed by atoms with Crippen molar-refractivity contribution in [1.82, 2.24) is 5.32 Å². The number of furan rings is 1. The zero-order valence-corrected chi connectivity index (χ0v) is 10.3. The highest BCUT2D eigenvalue weighted by Gasteiger charge is 2.19. The minimum atomic E-state index is -1.14. The molecule has 0 saturated carbocycles. The van der Waals surface area contributed by atoms with Gasteiger partial charge in [-0.25, -0.2) is 4.79 Å². The maximum Gasteiger partial charge on any atom is 0.371 e. The fourth-order valence-corrected chi connectivity index (χ4v) is 1.55. The van der Waals surface area contributed by atoms with Gasteiger partial charge >= 0.3 is 11.9 Å². The van der Waals surface area contributed by atoms with Crippen LogP contribution in [0.4, 0.5) is 0 Å². The van der Waals surface area contributed by atoms with Crippen LogP contribution < -0.4 is 5.32 Å². The Morgan fingerprint density at radius 2 is 2.00 bits per heavy atom. The number of hydrogen-bond acceptors (Lipinski definition) is 4. The standard InChI is InChI=1S/C12H17NO5/c1-7(2)5-9(11(14)15)13-6-8-3-4-10(18-8)12(16)17/h3-4,7,9,13H,5-6H2,1-2H3,(H,14,15)(H,16,17). The van der Waals surface area contributed by atoms with Gasteiger partial charge in [0.15, 0.2) is 0 Å². The lowest BCUT2D eigenvalue weighted by Gasteiger charge is -2.15. The first-order valence-electron chi connectivity index (χ1n) is 5.68. The van der Waals surface area contributed by atoms with Crippen LogP contribution in [0.5, 0.6) is 0 Å². The Bertz CT molecular complexity index is 424. The normalized spacial score (nSPS) is 12.6. The van der Waals surface area contributed by atoms with Gasteiger partial charge in [-0.05, 0) is 24.5 Å². The Labute approximate surface area is 105 Å². The molecule has 1 rings (SSSR count). The lowest BCUT2D eigenvalue weighted by molar-refractivity contribution is -0.140. The average Bonchev–Trinajstić information content (AvgIpc) is 2.72. The quantitative estimate of drug-likeness (QED) is 0.683. The van der Waals surface area contributed by atoms with E-state index in [0.717, 1.165) is 0 Å². The molecule has 0 aliphatic rings. The van der Waals surface area contributed by atoms with Crippen molar-refractivity contribution in [1.29, 1.82) is 0 Å². The van der Waals surface area contributed by atoms with Gasteiger partial charge in [0.25, 0.3) is 0 Å². The molecule has 1 aromatic rings. The predicted molar refractivity (Wildman–Crippen MR) is 63.4 cm³/mol. The molecule has 0 radical (unpaired) electrons. The third-order valence-electron chi connectivity index (χ3n) is 2.40. The molecule has 0 aliphatic heterocycles. The average molecular weight is 255 g/mol. The van der Waals surface area contributed by atoms with E-state index in [9.17, 15) is 9.59 Å². The summed E-state index contributed by atoms with van der Waals surface area (Å²) in [6, 6.07) is 2.20. The van der Waals surface area contributed by atoms with Gasteiger partial charge in [0.2, 0.25) is 5.76 Å². The fraction of sp³-hybridized carbons (Fsp3) is 0.500. The van der Waals surface area contributed by atoms with Gasteiger partial charge in [0.1, 0.15) is 11.8 Å². The Kier molecular flexibility index (Phi) is 4.91. The second kappa shape index (κ2) is 6.20. The molecule has 3 N–H and O–H groups in total. The molecule has 1 atom stereocenters. The van der Waals surface area contributed by atoms with Crippen LogP contribution in [0.25, 0.3) is 0 Å². The summed E-state index contributed by atoms with van der Waals surface area (Å²) in [5.41, 5.74) is 0. The van der Waals surface area contributed by atoms with Gasteiger partial charge in [0.05, 0.1) is 6.54 Å². The number of nitrogens with one attached hydrogen (secondary N) is 1. The van der Waals surface area contributed by atoms with Crippen molar-refractivity contribution < 1.29 is 24.2 Å². The molecule has 1 unspecified atom stereocenters. The molecule has 6 heteroatoms. The summed E-state index contributed by atoms with van der Waals surface area (Å²) >= 11 is 0. The van der Waals surface area contributed by atoms with E-state index >= 15 is 0 Å². The van der Waals surface area contributed by atoms with E-state index in [0.29, 0.717) is 12.2 Å². The van der Waals surface area contributed by atoms with Gasteiger partial charge in [-0.1, -0.05) is 13.8 Å². The summed E-state index contributed by atoms with van der Waals surface area (Å²) in [4.78, 5) is 21.6. The van der Waals surface area contributed by atoms with E-state index in [2.05, 4.69) is 5.32 Å². The van der Waals surface area contributed by atoms with Gasteiger partial charge < -0.3 is 14.6 Å².